The Balaban J connectivity index is 1.50. The lowest BCUT2D eigenvalue weighted by Gasteiger charge is -2.22. The molecule has 132 valence electrons. The summed E-state index contributed by atoms with van der Waals surface area (Å²) < 4.78 is 0. The number of likely N-dealkylation sites (tertiary alicyclic amines) is 1. The van der Waals surface area contributed by atoms with E-state index in [0.717, 1.165) is 24.1 Å². The number of fused-ring (bicyclic) bond motifs is 1. The molecule has 2 aliphatic rings. The number of nitrogens with one attached hydrogen (secondary N) is 1. The summed E-state index contributed by atoms with van der Waals surface area (Å²) in [4.78, 5) is 33.5. The Kier molecular flexibility index (Phi) is 4.60. The molecular formula is C18H21N3O2S2. The highest BCUT2D eigenvalue weighted by Crippen LogP contribution is 2.34. The fourth-order valence-corrected chi connectivity index (χ4v) is 5.41. The largest absolute Gasteiger partial charge is 0.326 e. The van der Waals surface area contributed by atoms with Crippen molar-refractivity contribution in [1.29, 1.82) is 0 Å². The topological polar surface area (TPSA) is 62.3 Å². The first kappa shape index (κ1) is 16.7. The second-order valence-corrected chi connectivity index (χ2v) is 8.92. The number of rotatable bonds is 3. The van der Waals surface area contributed by atoms with E-state index in [0.29, 0.717) is 24.0 Å². The van der Waals surface area contributed by atoms with Gasteiger partial charge in [0.2, 0.25) is 5.91 Å². The molecule has 7 heteroatoms. The average molecular weight is 376 g/mol. The molecule has 0 aromatic carbocycles. The van der Waals surface area contributed by atoms with E-state index < -0.39 is 6.04 Å². The first-order valence-corrected chi connectivity index (χ1v) is 10.4. The van der Waals surface area contributed by atoms with E-state index in [1.54, 1.807) is 22.4 Å². The fourth-order valence-electron chi connectivity index (χ4n) is 3.71. The van der Waals surface area contributed by atoms with Crippen LogP contribution >= 0.6 is 22.7 Å². The second-order valence-electron chi connectivity index (χ2n) is 6.89. The van der Waals surface area contributed by atoms with Crippen LogP contribution in [0.5, 0.6) is 0 Å². The van der Waals surface area contributed by atoms with Crippen molar-refractivity contribution in [1.82, 2.24) is 9.88 Å². The summed E-state index contributed by atoms with van der Waals surface area (Å²) in [5.41, 5.74) is 1.33. The van der Waals surface area contributed by atoms with E-state index in [2.05, 4.69) is 23.3 Å². The number of aryl methyl sites for hydroxylation is 1. The summed E-state index contributed by atoms with van der Waals surface area (Å²) in [6.45, 7) is 2.91. The van der Waals surface area contributed by atoms with Crippen molar-refractivity contribution in [3.63, 3.8) is 0 Å². The van der Waals surface area contributed by atoms with Crippen LogP contribution in [0.15, 0.2) is 17.6 Å². The molecule has 2 aromatic heterocycles. The van der Waals surface area contributed by atoms with Gasteiger partial charge in [-0.2, -0.15) is 0 Å². The van der Waals surface area contributed by atoms with E-state index in [4.69, 9.17) is 0 Å². The van der Waals surface area contributed by atoms with E-state index in [1.165, 1.54) is 28.2 Å². The van der Waals surface area contributed by atoms with Gasteiger partial charge in [0.05, 0.1) is 4.88 Å². The molecule has 0 saturated carbocycles. The first-order valence-electron chi connectivity index (χ1n) is 8.74. The van der Waals surface area contributed by atoms with Crippen molar-refractivity contribution in [2.75, 3.05) is 11.9 Å². The maximum atomic E-state index is 13.0. The minimum Gasteiger partial charge on any atom is -0.326 e. The highest BCUT2D eigenvalue weighted by Gasteiger charge is 2.36. The van der Waals surface area contributed by atoms with Crippen LogP contribution in [-0.4, -0.2) is 34.3 Å². The summed E-state index contributed by atoms with van der Waals surface area (Å²) in [6, 6.07) is 1.67. The van der Waals surface area contributed by atoms with Gasteiger partial charge in [-0.1, -0.05) is 6.92 Å². The summed E-state index contributed by atoms with van der Waals surface area (Å²) in [5, 5.41) is 5.24. The van der Waals surface area contributed by atoms with Gasteiger partial charge in [-0.05, 0) is 49.7 Å². The number of nitrogens with zero attached hydrogens (tertiary/aromatic N) is 2. The van der Waals surface area contributed by atoms with Crippen molar-refractivity contribution in [2.45, 2.75) is 45.1 Å². The SMILES string of the molecule is C[C@H]1CCc2sc(C(=O)N3CCC[C@H]3C(=O)Nc3nccs3)cc2C1. The summed E-state index contributed by atoms with van der Waals surface area (Å²) in [6.07, 6.45) is 6.57. The number of anilines is 1. The average Bonchev–Trinajstić information content (AvgIpc) is 3.33. The lowest BCUT2D eigenvalue weighted by Crippen LogP contribution is -2.42. The van der Waals surface area contributed by atoms with E-state index in [1.807, 2.05) is 5.38 Å². The zero-order valence-corrected chi connectivity index (χ0v) is 15.8. The Labute approximate surface area is 155 Å². The molecule has 1 aliphatic carbocycles. The molecule has 3 heterocycles. The minimum absolute atomic E-state index is 0.00356. The molecule has 4 rings (SSSR count). The number of hydrogen-bond donors (Lipinski definition) is 1. The van der Waals surface area contributed by atoms with Crippen molar-refractivity contribution in [3.05, 3.63) is 33.0 Å². The van der Waals surface area contributed by atoms with Crippen LogP contribution in [0.3, 0.4) is 0 Å². The van der Waals surface area contributed by atoms with Crippen LogP contribution in [0.4, 0.5) is 5.13 Å². The molecule has 2 aromatic rings. The van der Waals surface area contributed by atoms with Gasteiger partial charge in [0.25, 0.3) is 5.91 Å². The van der Waals surface area contributed by atoms with Gasteiger partial charge in [-0.15, -0.1) is 22.7 Å². The predicted molar refractivity (Wildman–Crippen MR) is 100 cm³/mol. The molecule has 25 heavy (non-hydrogen) atoms. The van der Waals surface area contributed by atoms with Crippen LogP contribution in [-0.2, 0) is 17.6 Å². The third kappa shape index (κ3) is 3.35. The van der Waals surface area contributed by atoms with Crippen molar-refractivity contribution in [2.24, 2.45) is 5.92 Å². The molecule has 0 unspecified atom stereocenters. The Morgan fingerprint density at radius 2 is 2.24 bits per heavy atom. The number of carbonyl (C=O) groups is 2. The lowest BCUT2D eigenvalue weighted by molar-refractivity contribution is -0.119. The Morgan fingerprint density at radius 3 is 3.04 bits per heavy atom. The van der Waals surface area contributed by atoms with Gasteiger partial charge >= 0.3 is 0 Å². The van der Waals surface area contributed by atoms with E-state index >= 15 is 0 Å². The zero-order valence-electron chi connectivity index (χ0n) is 14.2. The molecule has 2 atom stereocenters. The van der Waals surface area contributed by atoms with Crippen LogP contribution in [0, 0.1) is 5.92 Å². The summed E-state index contributed by atoms with van der Waals surface area (Å²) in [5.74, 6) is 0.563. The molecule has 1 N–H and O–H groups in total. The Bertz CT molecular complexity index is 784. The monoisotopic (exact) mass is 375 g/mol. The minimum atomic E-state index is -0.394. The molecule has 1 saturated heterocycles. The highest BCUT2D eigenvalue weighted by molar-refractivity contribution is 7.14. The Hall–Kier alpha value is -1.73. The molecule has 0 radical (unpaired) electrons. The quantitative estimate of drug-likeness (QED) is 0.892. The number of thiazole rings is 1. The standard InChI is InChI=1S/C18H21N3O2S2/c1-11-4-5-14-12(9-11)10-15(25-14)17(23)21-7-2-3-13(21)16(22)20-18-19-6-8-24-18/h6,8,10-11,13H,2-5,7,9H2,1H3,(H,19,20,22)/t11-,13-/m0/s1. The van der Waals surface area contributed by atoms with E-state index in [9.17, 15) is 9.59 Å². The van der Waals surface area contributed by atoms with Crippen LogP contribution in [0.25, 0.3) is 0 Å². The molecule has 0 spiro atoms. The third-order valence-electron chi connectivity index (χ3n) is 5.02. The number of amides is 2. The van der Waals surface area contributed by atoms with Gasteiger partial charge < -0.3 is 10.2 Å². The van der Waals surface area contributed by atoms with Gasteiger partial charge in [-0.25, -0.2) is 4.98 Å². The smallest absolute Gasteiger partial charge is 0.264 e. The van der Waals surface area contributed by atoms with Gasteiger partial charge in [0.1, 0.15) is 6.04 Å². The van der Waals surface area contributed by atoms with Gasteiger partial charge in [0, 0.05) is 23.0 Å². The fraction of sp³-hybridized carbons (Fsp3) is 0.500. The zero-order chi connectivity index (χ0) is 17.4. The Morgan fingerprint density at radius 1 is 1.36 bits per heavy atom. The molecule has 0 bridgehead atoms. The van der Waals surface area contributed by atoms with Crippen molar-refractivity contribution >= 4 is 39.6 Å². The molecule has 2 amide bonds. The van der Waals surface area contributed by atoms with E-state index in [-0.39, 0.29) is 11.8 Å². The van der Waals surface area contributed by atoms with Gasteiger partial charge in [-0.3, -0.25) is 9.59 Å². The van der Waals surface area contributed by atoms with Crippen molar-refractivity contribution < 1.29 is 9.59 Å². The molecule has 5 nitrogen and oxygen atoms in total. The van der Waals surface area contributed by atoms with Crippen LogP contribution in [0.1, 0.15) is 46.3 Å². The first-order chi connectivity index (χ1) is 12.1. The van der Waals surface area contributed by atoms with Gasteiger partial charge in [0.15, 0.2) is 5.13 Å². The lowest BCUT2D eigenvalue weighted by atomic mass is 9.90. The van der Waals surface area contributed by atoms with Crippen LogP contribution < -0.4 is 5.32 Å². The second kappa shape index (κ2) is 6.88. The van der Waals surface area contributed by atoms with Crippen molar-refractivity contribution in [3.8, 4) is 0 Å². The number of thiophene rings is 1. The highest BCUT2D eigenvalue weighted by atomic mass is 32.1. The number of hydrogen-bond acceptors (Lipinski definition) is 5. The summed E-state index contributed by atoms with van der Waals surface area (Å²) >= 11 is 3.01. The number of aromatic nitrogens is 1. The predicted octanol–water partition coefficient (Wildman–Crippen LogP) is 3.57. The molecule has 1 aliphatic heterocycles. The molecule has 1 fully saturated rings. The normalized spacial score (nSPS) is 22.7. The van der Waals surface area contributed by atoms with Crippen LogP contribution in [0.2, 0.25) is 0 Å². The number of carbonyl (C=O) groups excluding carboxylic acids is 2. The third-order valence-corrected chi connectivity index (χ3v) is 6.93. The summed E-state index contributed by atoms with van der Waals surface area (Å²) in [7, 11) is 0. The maximum absolute atomic E-state index is 13.0. The maximum Gasteiger partial charge on any atom is 0.264 e. The molecular weight excluding hydrogens is 354 g/mol.